The molecule has 0 aromatic carbocycles. The molecule has 100 valence electrons. The van der Waals surface area contributed by atoms with E-state index >= 15 is 0 Å². The Bertz CT molecular complexity index is 209. The van der Waals surface area contributed by atoms with Gasteiger partial charge in [-0.2, -0.15) is 0 Å². The molecule has 1 saturated heterocycles. The first kappa shape index (κ1) is 14.7. The molecule has 0 aliphatic carbocycles. The lowest BCUT2D eigenvalue weighted by molar-refractivity contribution is 0.00860. The van der Waals surface area contributed by atoms with Gasteiger partial charge >= 0.3 is 0 Å². The van der Waals surface area contributed by atoms with Crippen molar-refractivity contribution in [3.05, 3.63) is 12.2 Å². The smallest absolute Gasteiger partial charge is 0.0575 e. The van der Waals surface area contributed by atoms with E-state index < -0.39 is 0 Å². The molecule has 17 heavy (non-hydrogen) atoms. The minimum absolute atomic E-state index is 0.514. The van der Waals surface area contributed by atoms with Crippen molar-refractivity contribution in [1.82, 2.24) is 5.32 Å². The molecule has 1 N–H and O–H groups in total. The summed E-state index contributed by atoms with van der Waals surface area (Å²) in [5.74, 6) is 0. The van der Waals surface area contributed by atoms with Crippen LogP contribution in [0.3, 0.4) is 0 Å². The molecule has 2 nitrogen and oxygen atoms in total. The van der Waals surface area contributed by atoms with E-state index in [1.165, 1.54) is 37.7 Å². The Labute approximate surface area is 107 Å². The van der Waals surface area contributed by atoms with Crippen molar-refractivity contribution in [3.63, 3.8) is 0 Å². The highest BCUT2D eigenvalue weighted by Crippen LogP contribution is 2.19. The first-order valence-electron chi connectivity index (χ1n) is 7.27. The molecule has 2 heteroatoms. The molecule has 1 rings (SSSR count). The Morgan fingerprint density at radius 1 is 1.41 bits per heavy atom. The molecule has 0 spiro atoms. The van der Waals surface area contributed by atoms with Crippen LogP contribution >= 0.6 is 0 Å². The minimum atomic E-state index is 0.514. The second-order valence-electron chi connectivity index (χ2n) is 5.13. The molecule has 2 atom stereocenters. The van der Waals surface area contributed by atoms with Crippen molar-refractivity contribution < 1.29 is 4.74 Å². The van der Waals surface area contributed by atoms with Gasteiger partial charge in [-0.1, -0.05) is 26.0 Å². The van der Waals surface area contributed by atoms with Gasteiger partial charge in [0.15, 0.2) is 0 Å². The molecular formula is C15H29NO. The molecule has 0 amide bonds. The van der Waals surface area contributed by atoms with Gasteiger partial charge < -0.3 is 10.1 Å². The van der Waals surface area contributed by atoms with E-state index in [9.17, 15) is 0 Å². The van der Waals surface area contributed by atoms with Crippen LogP contribution in [0.4, 0.5) is 0 Å². The number of hydrogen-bond acceptors (Lipinski definition) is 2. The summed E-state index contributed by atoms with van der Waals surface area (Å²) < 4.78 is 5.79. The average Bonchev–Trinajstić information content (AvgIpc) is 2.37. The number of ether oxygens (including phenoxy) is 1. The molecule has 2 unspecified atom stereocenters. The Balaban J connectivity index is 2.24. The maximum absolute atomic E-state index is 5.79. The van der Waals surface area contributed by atoms with Gasteiger partial charge in [0.25, 0.3) is 0 Å². The summed E-state index contributed by atoms with van der Waals surface area (Å²) in [5, 5.41) is 3.57. The van der Waals surface area contributed by atoms with Crippen LogP contribution in [-0.4, -0.2) is 25.3 Å². The van der Waals surface area contributed by atoms with E-state index in [2.05, 4.69) is 25.7 Å². The highest BCUT2D eigenvalue weighted by molar-refractivity contribution is 4.96. The lowest BCUT2D eigenvalue weighted by Crippen LogP contribution is -2.31. The Morgan fingerprint density at radius 2 is 2.24 bits per heavy atom. The average molecular weight is 239 g/mol. The third-order valence-electron chi connectivity index (χ3n) is 3.64. The molecule has 0 aromatic rings. The maximum Gasteiger partial charge on any atom is 0.0575 e. The summed E-state index contributed by atoms with van der Waals surface area (Å²) in [6.45, 7) is 10.5. The number of rotatable bonds is 8. The van der Waals surface area contributed by atoms with Crippen molar-refractivity contribution in [2.45, 2.75) is 70.9 Å². The predicted octanol–water partition coefficient (Wildman–Crippen LogP) is 3.67. The second-order valence-corrected chi connectivity index (χ2v) is 5.13. The second kappa shape index (κ2) is 8.71. The fraction of sp³-hybridized carbons (Fsp3) is 0.867. The predicted molar refractivity (Wildman–Crippen MR) is 74.3 cm³/mol. The third kappa shape index (κ3) is 6.23. The van der Waals surface area contributed by atoms with Gasteiger partial charge in [-0.25, -0.2) is 0 Å². The zero-order chi connectivity index (χ0) is 12.5. The van der Waals surface area contributed by atoms with E-state index in [4.69, 9.17) is 4.74 Å². The van der Waals surface area contributed by atoms with Crippen LogP contribution < -0.4 is 5.32 Å². The molecule has 1 aliphatic heterocycles. The van der Waals surface area contributed by atoms with Crippen LogP contribution in [0.15, 0.2) is 12.2 Å². The molecule has 1 aliphatic rings. The van der Waals surface area contributed by atoms with Gasteiger partial charge in [0, 0.05) is 12.6 Å². The molecule has 0 bridgehead atoms. The summed E-state index contributed by atoms with van der Waals surface area (Å²) in [6.07, 6.45) is 9.01. The van der Waals surface area contributed by atoms with Gasteiger partial charge in [-0.15, -0.1) is 0 Å². The lowest BCUT2D eigenvalue weighted by atomic mass is 9.97. The molecular weight excluding hydrogens is 210 g/mol. The van der Waals surface area contributed by atoms with Crippen LogP contribution in [0.2, 0.25) is 0 Å². The van der Waals surface area contributed by atoms with Crippen LogP contribution in [0.25, 0.3) is 0 Å². The normalized spacial score (nSPS) is 22.4. The molecule has 0 aromatic heterocycles. The van der Waals surface area contributed by atoms with Crippen molar-refractivity contribution in [2.24, 2.45) is 0 Å². The van der Waals surface area contributed by atoms with Crippen molar-refractivity contribution in [1.29, 1.82) is 0 Å². The fourth-order valence-electron chi connectivity index (χ4n) is 2.48. The zero-order valence-corrected chi connectivity index (χ0v) is 11.6. The number of hydrogen-bond donors (Lipinski definition) is 1. The molecule has 0 saturated carbocycles. The first-order valence-corrected chi connectivity index (χ1v) is 7.27. The van der Waals surface area contributed by atoms with Crippen LogP contribution in [-0.2, 0) is 4.74 Å². The standard InChI is InChI=1S/C15H29NO/c1-4-13(3)12-14(16-5-2)9-10-15-8-6-7-11-17-15/h14-16H,3-12H2,1-2H3. The quantitative estimate of drug-likeness (QED) is 0.653. The summed E-state index contributed by atoms with van der Waals surface area (Å²) in [4.78, 5) is 0. The van der Waals surface area contributed by atoms with Crippen molar-refractivity contribution in [2.75, 3.05) is 13.2 Å². The topological polar surface area (TPSA) is 21.3 Å². The Kier molecular flexibility index (Phi) is 7.54. The minimum Gasteiger partial charge on any atom is -0.378 e. The molecule has 1 heterocycles. The Morgan fingerprint density at radius 3 is 2.82 bits per heavy atom. The summed E-state index contributed by atoms with van der Waals surface area (Å²) in [5.41, 5.74) is 1.36. The summed E-state index contributed by atoms with van der Waals surface area (Å²) >= 11 is 0. The molecule has 0 radical (unpaired) electrons. The highest BCUT2D eigenvalue weighted by atomic mass is 16.5. The van der Waals surface area contributed by atoms with E-state index in [1.54, 1.807) is 0 Å². The van der Waals surface area contributed by atoms with E-state index in [0.29, 0.717) is 12.1 Å². The number of nitrogens with one attached hydrogen (secondary N) is 1. The SMILES string of the molecule is C=C(CC)CC(CCC1CCCCO1)NCC. The van der Waals surface area contributed by atoms with E-state index in [0.717, 1.165) is 26.0 Å². The van der Waals surface area contributed by atoms with Gasteiger partial charge in [0.2, 0.25) is 0 Å². The maximum atomic E-state index is 5.79. The van der Waals surface area contributed by atoms with Crippen molar-refractivity contribution in [3.8, 4) is 0 Å². The zero-order valence-electron chi connectivity index (χ0n) is 11.6. The summed E-state index contributed by atoms with van der Waals surface area (Å²) in [7, 11) is 0. The van der Waals surface area contributed by atoms with Crippen LogP contribution in [0, 0.1) is 0 Å². The van der Waals surface area contributed by atoms with E-state index in [1.807, 2.05) is 0 Å². The van der Waals surface area contributed by atoms with Gasteiger partial charge in [0.05, 0.1) is 6.10 Å². The van der Waals surface area contributed by atoms with E-state index in [-0.39, 0.29) is 0 Å². The first-order chi connectivity index (χ1) is 8.26. The monoisotopic (exact) mass is 239 g/mol. The van der Waals surface area contributed by atoms with Gasteiger partial charge in [-0.3, -0.25) is 0 Å². The van der Waals surface area contributed by atoms with Crippen LogP contribution in [0.1, 0.15) is 58.8 Å². The highest BCUT2D eigenvalue weighted by Gasteiger charge is 2.16. The van der Waals surface area contributed by atoms with Gasteiger partial charge in [-0.05, 0) is 51.5 Å². The van der Waals surface area contributed by atoms with Crippen LogP contribution in [0.5, 0.6) is 0 Å². The van der Waals surface area contributed by atoms with Gasteiger partial charge in [0.1, 0.15) is 0 Å². The fourth-order valence-corrected chi connectivity index (χ4v) is 2.48. The molecule has 1 fully saturated rings. The Hall–Kier alpha value is -0.340. The largest absolute Gasteiger partial charge is 0.378 e. The summed E-state index contributed by atoms with van der Waals surface area (Å²) in [6, 6.07) is 0.595. The third-order valence-corrected chi connectivity index (χ3v) is 3.64. The lowest BCUT2D eigenvalue weighted by Gasteiger charge is -2.25. The van der Waals surface area contributed by atoms with Crippen molar-refractivity contribution >= 4 is 0 Å².